The van der Waals surface area contributed by atoms with Crippen LogP contribution in [0.5, 0.6) is 5.75 Å². The number of alkyl halides is 3. The molecule has 3 rings (SSSR count). The zero-order valence-corrected chi connectivity index (χ0v) is 21.8. The van der Waals surface area contributed by atoms with Gasteiger partial charge < -0.3 is 20.3 Å². The van der Waals surface area contributed by atoms with E-state index in [1.54, 1.807) is 36.4 Å². The Morgan fingerprint density at radius 1 is 1.05 bits per heavy atom. The van der Waals surface area contributed by atoms with Crippen molar-refractivity contribution in [2.45, 2.75) is 50.9 Å². The molecule has 9 heteroatoms. The van der Waals surface area contributed by atoms with Gasteiger partial charge in [-0.2, -0.15) is 18.4 Å². The fourth-order valence-corrected chi connectivity index (χ4v) is 4.18. The third kappa shape index (κ3) is 8.57. The topological polar surface area (TPSA) is 103 Å². The van der Waals surface area contributed by atoms with Crippen molar-refractivity contribution in [3.8, 4) is 22.9 Å². The number of aryl methyl sites for hydroxylation is 1. The van der Waals surface area contributed by atoms with Gasteiger partial charge in [0.05, 0.1) is 16.7 Å². The van der Waals surface area contributed by atoms with Crippen molar-refractivity contribution in [2.24, 2.45) is 0 Å². The summed E-state index contributed by atoms with van der Waals surface area (Å²) in [5, 5.41) is 32.3. The number of carboxylic acids is 1. The third-order valence-electron chi connectivity index (χ3n) is 6.39. The highest BCUT2D eigenvalue weighted by molar-refractivity contribution is 5.88. The Bertz CT molecular complexity index is 1320. The molecule has 1 atom stereocenters. The number of nitriles is 1. The van der Waals surface area contributed by atoms with E-state index in [1.807, 2.05) is 13.8 Å². The minimum atomic E-state index is -4.38. The van der Waals surface area contributed by atoms with Crippen molar-refractivity contribution in [3.63, 3.8) is 0 Å². The predicted octanol–water partition coefficient (Wildman–Crippen LogP) is 6.07. The first-order valence-electron chi connectivity index (χ1n) is 12.5. The lowest BCUT2D eigenvalue weighted by Crippen LogP contribution is -2.44. The minimum Gasteiger partial charge on any atom is -0.489 e. The van der Waals surface area contributed by atoms with Crippen LogP contribution in [0.15, 0.2) is 66.7 Å². The summed E-state index contributed by atoms with van der Waals surface area (Å²) >= 11 is 0. The van der Waals surface area contributed by atoms with Crippen LogP contribution in [0.3, 0.4) is 0 Å². The number of aliphatic hydroxyl groups excluding tert-OH is 1. The van der Waals surface area contributed by atoms with E-state index in [0.29, 0.717) is 30.6 Å². The zero-order valence-electron chi connectivity index (χ0n) is 21.8. The van der Waals surface area contributed by atoms with E-state index < -0.39 is 29.4 Å². The third-order valence-corrected chi connectivity index (χ3v) is 6.39. The molecule has 0 heterocycles. The van der Waals surface area contributed by atoms with Gasteiger partial charge in [-0.15, -0.1) is 0 Å². The molecule has 3 N–H and O–H groups in total. The Morgan fingerprint density at radius 3 is 2.36 bits per heavy atom. The monoisotopic (exact) mass is 540 g/mol. The first-order valence-corrected chi connectivity index (χ1v) is 12.5. The number of nitrogens with zero attached hydrogens (tertiary/aromatic N) is 1. The Balaban J connectivity index is 1.53. The number of hydrogen-bond donors (Lipinski definition) is 3. The number of carboxylic acid groups (broad SMARTS) is 1. The maximum atomic E-state index is 13.2. The van der Waals surface area contributed by atoms with Crippen molar-refractivity contribution < 1.29 is 32.9 Å². The summed E-state index contributed by atoms with van der Waals surface area (Å²) in [6, 6.07) is 18.9. The molecule has 3 aromatic rings. The molecule has 206 valence electrons. The molecule has 0 radical (unpaired) electrons. The molecule has 0 aromatic heterocycles. The average Bonchev–Trinajstić information content (AvgIpc) is 2.90. The smallest absolute Gasteiger partial charge is 0.416 e. The van der Waals surface area contributed by atoms with Crippen molar-refractivity contribution >= 4 is 5.97 Å². The highest BCUT2D eigenvalue weighted by atomic mass is 19.4. The van der Waals surface area contributed by atoms with Gasteiger partial charge in [0.2, 0.25) is 0 Å². The lowest BCUT2D eigenvalue weighted by Gasteiger charge is -2.28. The van der Waals surface area contributed by atoms with Crippen LogP contribution in [-0.4, -0.2) is 41.0 Å². The van der Waals surface area contributed by atoms with Crippen LogP contribution in [0.2, 0.25) is 0 Å². The van der Waals surface area contributed by atoms with Crippen LogP contribution in [0, 0.1) is 11.3 Å². The normalized spacial score (nSPS) is 12.5. The Kier molecular flexibility index (Phi) is 9.73. The summed E-state index contributed by atoms with van der Waals surface area (Å²) in [6.45, 7) is 3.94. The fraction of sp³-hybridized carbons (Fsp3) is 0.333. The number of carbonyl (C=O) groups is 1. The molecule has 0 aliphatic heterocycles. The van der Waals surface area contributed by atoms with Crippen LogP contribution < -0.4 is 10.1 Å². The Morgan fingerprint density at radius 2 is 1.72 bits per heavy atom. The van der Waals surface area contributed by atoms with Gasteiger partial charge in [-0.3, -0.25) is 0 Å². The lowest BCUT2D eigenvalue weighted by atomic mass is 9.93. The summed E-state index contributed by atoms with van der Waals surface area (Å²) in [5.41, 5.74) is 1.14. The number of nitrogens with one attached hydrogen (secondary N) is 1. The molecule has 0 saturated carbocycles. The average molecular weight is 541 g/mol. The highest BCUT2D eigenvalue weighted by Crippen LogP contribution is 2.33. The van der Waals surface area contributed by atoms with Gasteiger partial charge in [-0.1, -0.05) is 36.4 Å². The molecule has 3 aromatic carbocycles. The number of ether oxygens (including phenoxy) is 1. The van der Waals surface area contributed by atoms with Crippen molar-refractivity contribution in [3.05, 3.63) is 89.0 Å². The number of hydrogen-bond acceptors (Lipinski definition) is 5. The van der Waals surface area contributed by atoms with Crippen LogP contribution >= 0.6 is 0 Å². The second-order valence-corrected chi connectivity index (χ2v) is 9.94. The predicted molar refractivity (Wildman–Crippen MR) is 142 cm³/mol. The van der Waals surface area contributed by atoms with E-state index >= 15 is 0 Å². The van der Waals surface area contributed by atoms with Crippen molar-refractivity contribution in [1.82, 2.24) is 5.32 Å². The largest absolute Gasteiger partial charge is 0.489 e. The van der Waals surface area contributed by atoms with E-state index in [9.17, 15) is 28.3 Å². The second kappa shape index (κ2) is 12.8. The maximum Gasteiger partial charge on any atom is 0.416 e. The number of aliphatic hydroxyl groups is 1. The van der Waals surface area contributed by atoms with E-state index in [1.165, 1.54) is 24.3 Å². The zero-order chi connectivity index (χ0) is 28.6. The number of benzene rings is 3. The van der Waals surface area contributed by atoms with E-state index in [4.69, 9.17) is 9.84 Å². The highest BCUT2D eigenvalue weighted by Gasteiger charge is 2.32. The molecule has 0 spiro atoms. The van der Waals surface area contributed by atoms with Gasteiger partial charge in [-0.05, 0) is 80.1 Å². The fourth-order valence-electron chi connectivity index (χ4n) is 4.18. The number of halogens is 3. The molecular weight excluding hydrogens is 509 g/mol. The number of rotatable bonds is 12. The SMILES string of the molecule is CC(C)(CCCc1ccccc1C(F)(F)F)NC[C@H](O)COc1cc(-c2ccc(C(=O)O)cc2)ccc1C#N. The molecule has 6 nitrogen and oxygen atoms in total. The molecule has 39 heavy (non-hydrogen) atoms. The molecule has 0 fully saturated rings. The van der Waals surface area contributed by atoms with E-state index in [-0.39, 0.29) is 24.3 Å². The summed E-state index contributed by atoms with van der Waals surface area (Å²) in [4.78, 5) is 11.1. The lowest BCUT2D eigenvalue weighted by molar-refractivity contribution is -0.138. The summed E-state index contributed by atoms with van der Waals surface area (Å²) in [5.74, 6) is -0.734. The number of aromatic carboxylic acids is 1. The first-order chi connectivity index (χ1) is 18.4. The standard InChI is InChI=1S/C30H31F3N2O4/c1-29(2,15-5-7-21-6-3-4-8-26(21)30(31,32)33)35-18-25(36)19-39-27-16-23(13-14-24(27)17-34)20-9-11-22(12-10-20)28(37)38/h3-4,6,8-14,16,25,35-36H,5,7,15,18-19H2,1-2H3,(H,37,38)/t25-/m0/s1. The van der Waals surface area contributed by atoms with Crippen molar-refractivity contribution in [2.75, 3.05) is 13.2 Å². The molecule has 0 saturated heterocycles. The molecule has 0 aliphatic rings. The molecule has 0 amide bonds. The molecular formula is C30H31F3N2O4. The van der Waals surface area contributed by atoms with Crippen LogP contribution in [-0.2, 0) is 12.6 Å². The van der Waals surface area contributed by atoms with Gasteiger partial charge in [0.1, 0.15) is 24.5 Å². The van der Waals surface area contributed by atoms with Crippen LogP contribution in [0.25, 0.3) is 11.1 Å². The van der Waals surface area contributed by atoms with Crippen LogP contribution in [0.4, 0.5) is 13.2 Å². The summed E-state index contributed by atoms with van der Waals surface area (Å²) in [6.07, 6.45) is -3.87. The van der Waals surface area contributed by atoms with E-state index in [2.05, 4.69) is 11.4 Å². The summed E-state index contributed by atoms with van der Waals surface area (Å²) in [7, 11) is 0. The Labute approximate surface area is 225 Å². The van der Waals surface area contributed by atoms with Gasteiger partial charge in [0, 0.05) is 12.1 Å². The van der Waals surface area contributed by atoms with Gasteiger partial charge in [0.15, 0.2) is 0 Å². The maximum absolute atomic E-state index is 13.2. The molecule has 0 aliphatic carbocycles. The molecule has 0 bridgehead atoms. The first kappa shape index (κ1) is 29.7. The van der Waals surface area contributed by atoms with Crippen LogP contribution in [0.1, 0.15) is 53.7 Å². The molecule has 0 unspecified atom stereocenters. The number of β-amino-alcohol motifs (C(OH)–C–C–N with tert-alkyl or cyclic N) is 1. The Hall–Kier alpha value is -3.87. The summed E-state index contributed by atoms with van der Waals surface area (Å²) < 4.78 is 45.4. The minimum absolute atomic E-state index is 0.0852. The van der Waals surface area contributed by atoms with Crippen molar-refractivity contribution in [1.29, 1.82) is 5.26 Å². The second-order valence-electron chi connectivity index (χ2n) is 9.94. The quantitative estimate of drug-likeness (QED) is 0.258. The van der Waals surface area contributed by atoms with Gasteiger partial charge >= 0.3 is 12.1 Å². The van der Waals surface area contributed by atoms with E-state index in [0.717, 1.165) is 17.2 Å². The van der Waals surface area contributed by atoms with Gasteiger partial charge in [0.25, 0.3) is 0 Å². The van der Waals surface area contributed by atoms with Gasteiger partial charge in [-0.25, -0.2) is 4.79 Å².